The third-order valence-corrected chi connectivity index (χ3v) is 8.30. The first-order chi connectivity index (χ1) is 17.3. The van der Waals surface area contributed by atoms with Gasteiger partial charge >= 0.3 is 0 Å². The van der Waals surface area contributed by atoms with Crippen molar-refractivity contribution >= 4 is 28.6 Å². The van der Waals surface area contributed by atoms with Crippen LogP contribution in [-0.4, -0.2) is 73.1 Å². The van der Waals surface area contributed by atoms with Crippen molar-refractivity contribution in [3.8, 4) is 11.1 Å². The number of likely N-dealkylation sites (tertiary alicyclic amines) is 1. The lowest BCUT2D eigenvalue weighted by Crippen LogP contribution is -2.57. The van der Waals surface area contributed by atoms with Gasteiger partial charge < -0.3 is 10.0 Å². The van der Waals surface area contributed by atoms with E-state index in [0.717, 1.165) is 51.8 Å². The van der Waals surface area contributed by atoms with Crippen LogP contribution in [-0.2, 0) is 16.6 Å². The van der Waals surface area contributed by atoms with Crippen molar-refractivity contribution in [1.82, 2.24) is 19.6 Å². The summed E-state index contributed by atoms with van der Waals surface area (Å²) in [6.07, 6.45) is 4.60. The van der Waals surface area contributed by atoms with E-state index in [4.69, 9.17) is 4.99 Å². The molecule has 36 heavy (non-hydrogen) atoms. The highest BCUT2D eigenvalue weighted by molar-refractivity contribution is 6.17. The molecule has 4 aliphatic rings. The van der Waals surface area contributed by atoms with Gasteiger partial charge in [-0.1, -0.05) is 24.3 Å². The van der Waals surface area contributed by atoms with Gasteiger partial charge in [0.2, 0.25) is 0 Å². The van der Waals surface area contributed by atoms with E-state index in [1.165, 1.54) is 0 Å². The fourth-order valence-corrected chi connectivity index (χ4v) is 5.65. The number of nitrogens with zero attached hydrogens (tertiary/aromatic N) is 5. The van der Waals surface area contributed by atoms with E-state index in [1.807, 2.05) is 22.8 Å². The monoisotopic (exact) mass is 483 g/mol. The molecule has 0 atom stereocenters. The number of amides is 2. The number of carbonyl (C=O) groups excluding carboxylic acids is 2. The standard InChI is InChI=1S/C28H29N5O3/c1-17-11-19(20-4-6-23-21(12-20)13-29-31(23)2)3-5-22(17)24-30-27(7-8-27)25(34)33(24)16-18-14-32(15-18)26(35)28(36)9-10-28/h3-6,11-13,18,36H,7-10,14-16H2,1-2H3. The zero-order valence-electron chi connectivity index (χ0n) is 20.6. The van der Waals surface area contributed by atoms with Gasteiger partial charge in [0.25, 0.3) is 11.8 Å². The zero-order valence-corrected chi connectivity index (χ0v) is 20.6. The number of aliphatic hydroxyl groups is 1. The Morgan fingerprint density at radius 2 is 1.81 bits per heavy atom. The molecular weight excluding hydrogens is 454 g/mol. The minimum absolute atomic E-state index is 0.0913. The Morgan fingerprint density at radius 1 is 1.08 bits per heavy atom. The summed E-state index contributed by atoms with van der Waals surface area (Å²) >= 11 is 0. The molecule has 1 aromatic heterocycles. The molecule has 0 bridgehead atoms. The lowest BCUT2D eigenvalue weighted by molar-refractivity contribution is -0.149. The Balaban J connectivity index is 1.13. The molecule has 3 heterocycles. The number of aromatic nitrogens is 2. The second kappa shape index (κ2) is 7.26. The molecular formula is C28H29N5O3. The van der Waals surface area contributed by atoms with Gasteiger partial charge in [0.15, 0.2) is 0 Å². The van der Waals surface area contributed by atoms with Crippen LogP contribution in [0.5, 0.6) is 0 Å². The molecule has 2 aliphatic heterocycles. The molecule has 184 valence electrons. The van der Waals surface area contributed by atoms with Crippen LogP contribution in [0, 0.1) is 12.8 Å². The van der Waals surface area contributed by atoms with Crippen molar-refractivity contribution in [1.29, 1.82) is 0 Å². The number of rotatable bonds is 5. The van der Waals surface area contributed by atoms with E-state index in [9.17, 15) is 14.7 Å². The van der Waals surface area contributed by atoms with Crippen LogP contribution in [0.3, 0.4) is 0 Å². The van der Waals surface area contributed by atoms with Crippen LogP contribution < -0.4 is 0 Å². The molecule has 1 N–H and O–H groups in total. The summed E-state index contributed by atoms with van der Waals surface area (Å²) in [4.78, 5) is 34.3. The average Bonchev–Trinajstić information content (AvgIpc) is 3.74. The van der Waals surface area contributed by atoms with E-state index in [-0.39, 0.29) is 17.7 Å². The number of benzene rings is 2. The van der Waals surface area contributed by atoms with Crippen molar-refractivity contribution in [2.45, 2.75) is 43.7 Å². The Labute approximate surface area is 209 Å². The first-order valence-electron chi connectivity index (χ1n) is 12.7. The summed E-state index contributed by atoms with van der Waals surface area (Å²) in [6.45, 7) is 3.80. The van der Waals surface area contributed by atoms with Crippen molar-refractivity contribution < 1.29 is 14.7 Å². The summed E-state index contributed by atoms with van der Waals surface area (Å²) < 4.78 is 1.87. The minimum Gasteiger partial charge on any atom is -0.380 e. The van der Waals surface area contributed by atoms with Gasteiger partial charge in [-0.25, -0.2) is 0 Å². The maximum absolute atomic E-state index is 13.3. The average molecular weight is 484 g/mol. The maximum atomic E-state index is 13.3. The lowest BCUT2D eigenvalue weighted by atomic mass is 9.96. The molecule has 7 rings (SSSR count). The summed E-state index contributed by atoms with van der Waals surface area (Å²) in [5, 5.41) is 15.6. The van der Waals surface area contributed by atoms with E-state index in [1.54, 1.807) is 4.90 Å². The van der Waals surface area contributed by atoms with Crippen LogP contribution in [0.4, 0.5) is 0 Å². The highest BCUT2D eigenvalue weighted by atomic mass is 16.3. The second-order valence-electron chi connectivity index (χ2n) is 11.1. The number of carbonyl (C=O) groups is 2. The molecule has 1 saturated heterocycles. The van der Waals surface area contributed by atoms with Gasteiger partial charge in [-0.2, -0.15) is 5.10 Å². The highest BCUT2D eigenvalue weighted by Crippen LogP contribution is 2.47. The molecule has 8 nitrogen and oxygen atoms in total. The molecule has 3 aromatic rings. The van der Waals surface area contributed by atoms with Crippen LogP contribution >= 0.6 is 0 Å². The van der Waals surface area contributed by atoms with Gasteiger partial charge in [0, 0.05) is 43.5 Å². The predicted molar refractivity (Wildman–Crippen MR) is 135 cm³/mol. The fourth-order valence-electron chi connectivity index (χ4n) is 5.65. The summed E-state index contributed by atoms with van der Waals surface area (Å²) in [5.74, 6) is 0.892. The Kier molecular flexibility index (Phi) is 4.38. The SMILES string of the molecule is Cc1cc(-c2ccc3c(cnn3C)c2)ccc1C1=NC2(CC2)C(=O)N1CC1CN(C(=O)C2(O)CC2)C1. The summed E-state index contributed by atoms with van der Waals surface area (Å²) in [6, 6.07) is 12.7. The van der Waals surface area contributed by atoms with Crippen molar-refractivity contribution in [3.05, 3.63) is 53.7 Å². The molecule has 2 saturated carbocycles. The summed E-state index contributed by atoms with van der Waals surface area (Å²) in [7, 11) is 1.94. The topological polar surface area (TPSA) is 91.0 Å². The Morgan fingerprint density at radius 3 is 2.50 bits per heavy atom. The van der Waals surface area contributed by atoms with Crippen molar-refractivity contribution in [2.24, 2.45) is 18.0 Å². The maximum Gasteiger partial charge on any atom is 0.256 e. The van der Waals surface area contributed by atoms with Gasteiger partial charge in [-0.05, 0) is 61.4 Å². The molecule has 3 fully saturated rings. The van der Waals surface area contributed by atoms with Gasteiger partial charge in [-0.3, -0.25) is 24.2 Å². The van der Waals surface area contributed by atoms with Crippen LogP contribution in [0.15, 0.2) is 47.6 Å². The molecule has 2 amide bonds. The van der Waals surface area contributed by atoms with Crippen LogP contribution in [0.25, 0.3) is 22.0 Å². The molecule has 0 radical (unpaired) electrons. The number of aliphatic imine (C=N–C) groups is 1. The van der Waals surface area contributed by atoms with E-state index in [0.29, 0.717) is 32.5 Å². The van der Waals surface area contributed by atoms with Gasteiger partial charge in [0.05, 0.1) is 11.7 Å². The number of amidine groups is 1. The second-order valence-corrected chi connectivity index (χ2v) is 11.1. The minimum atomic E-state index is -1.13. The smallest absolute Gasteiger partial charge is 0.256 e. The van der Waals surface area contributed by atoms with Gasteiger partial charge in [0.1, 0.15) is 17.0 Å². The first-order valence-corrected chi connectivity index (χ1v) is 12.7. The molecule has 2 aliphatic carbocycles. The Hall–Kier alpha value is -3.52. The molecule has 1 spiro atoms. The third kappa shape index (κ3) is 3.24. The molecule has 2 aromatic carbocycles. The number of fused-ring (bicyclic) bond motifs is 1. The zero-order chi connectivity index (χ0) is 24.8. The first kappa shape index (κ1) is 21.7. The lowest BCUT2D eigenvalue weighted by Gasteiger charge is -2.42. The molecule has 8 heteroatoms. The predicted octanol–water partition coefficient (Wildman–Crippen LogP) is 2.65. The number of aryl methyl sites for hydroxylation is 2. The number of hydrogen-bond acceptors (Lipinski definition) is 5. The fraction of sp³-hybridized carbons (Fsp3) is 0.429. The van der Waals surface area contributed by atoms with Gasteiger partial charge in [-0.15, -0.1) is 0 Å². The van der Waals surface area contributed by atoms with E-state index < -0.39 is 11.1 Å². The van der Waals surface area contributed by atoms with E-state index >= 15 is 0 Å². The van der Waals surface area contributed by atoms with Crippen LogP contribution in [0.1, 0.15) is 36.8 Å². The Bertz CT molecular complexity index is 1470. The number of hydrogen-bond donors (Lipinski definition) is 1. The quantitative estimate of drug-likeness (QED) is 0.604. The van der Waals surface area contributed by atoms with Crippen molar-refractivity contribution in [3.63, 3.8) is 0 Å². The summed E-state index contributed by atoms with van der Waals surface area (Å²) in [5.41, 5.74) is 3.70. The van der Waals surface area contributed by atoms with Crippen LogP contribution in [0.2, 0.25) is 0 Å². The van der Waals surface area contributed by atoms with Crippen molar-refractivity contribution in [2.75, 3.05) is 19.6 Å². The third-order valence-electron chi connectivity index (χ3n) is 8.30. The molecule has 0 unspecified atom stereocenters. The van der Waals surface area contributed by atoms with E-state index in [2.05, 4.69) is 48.4 Å². The normalized spacial score (nSPS) is 21.8. The highest BCUT2D eigenvalue weighted by Gasteiger charge is 2.58. The largest absolute Gasteiger partial charge is 0.380 e.